The van der Waals surface area contributed by atoms with Crippen LogP contribution in [0.1, 0.15) is 32.3 Å². The van der Waals surface area contributed by atoms with Crippen molar-refractivity contribution in [1.82, 2.24) is 0 Å². The topological polar surface area (TPSA) is 44.5 Å². The highest BCUT2D eigenvalue weighted by molar-refractivity contribution is 5.29. The molecular formula is C15H24FNO2. The second kappa shape index (κ2) is 8.88. The Morgan fingerprint density at radius 2 is 2.05 bits per heavy atom. The summed E-state index contributed by atoms with van der Waals surface area (Å²) >= 11 is 0. The van der Waals surface area contributed by atoms with Crippen LogP contribution < -0.4 is 10.5 Å². The third kappa shape index (κ3) is 6.03. The van der Waals surface area contributed by atoms with Gasteiger partial charge in [-0.2, -0.15) is 0 Å². The summed E-state index contributed by atoms with van der Waals surface area (Å²) in [6.07, 6.45) is 2.34. The molecule has 108 valence electrons. The van der Waals surface area contributed by atoms with E-state index < -0.39 is 0 Å². The van der Waals surface area contributed by atoms with Gasteiger partial charge in [-0.05, 0) is 37.5 Å². The summed E-state index contributed by atoms with van der Waals surface area (Å²) in [6.45, 7) is 5.77. The fourth-order valence-electron chi connectivity index (χ4n) is 1.72. The zero-order valence-corrected chi connectivity index (χ0v) is 11.8. The molecule has 1 aromatic carbocycles. The molecule has 1 unspecified atom stereocenters. The van der Waals surface area contributed by atoms with E-state index in [0.717, 1.165) is 18.4 Å². The molecule has 1 aromatic rings. The van der Waals surface area contributed by atoms with Crippen molar-refractivity contribution in [3.63, 3.8) is 0 Å². The number of benzene rings is 1. The molecule has 3 nitrogen and oxygen atoms in total. The first-order chi connectivity index (χ1) is 9.17. The molecule has 1 rings (SSSR count). The molecule has 1 atom stereocenters. The van der Waals surface area contributed by atoms with E-state index in [1.807, 2.05) is 19.9 Å². The monoisotopic (exact) mass is 269 g/mol. The van der Waals surface area contributed by atoms with E-state index >= 15 is 0 Å². The summed E-state index contributed by atoms with van der Waals surface area (Å²) in [5, 5.41) is 0. The van der Waals surface area contributed by atoms with Gasteiger partial charge in [0.1, 0.15) is 0 Å². The van der Waals surface area contributed by atoms with Crippen molar-refractivity contribution in [1.29, 1.82) is 0 Å². The molecule has 0 aliphatic heterocycles. The van der Waals surface area contributed by atoms with E-state index in [1.165, 1.54) is 6.07 Å². The van der Waals surface area contributed by atoms with E-state index in [2.05, 4.69) is 0 Å². The maximum atomic E-state index is 13.8. The Hall–Kier alpha value is -1.13. The van der Waals surface area contributed by atoms with Crippen LogP contribution in [0.4, 0.5) is 4.39 Å². The van der Waals surface area contributed by atoms with Crippen LogP contribution in [0.25, 0.3) is 0 Å². The van der Waals surface area contributed by atoms with Crippen LogP contribution in [0.5, 0.6) is 5.75 Å². The molecular weight excluding hydrogens is 245 g/mol. The van der Waals surface area contributed by atoms with Gasteiger partial charge in [0.05, 0.1) is 6.61 Å². The van der Waals surface area contributed by atoms with Gasteiger partial charge in [-0.25, -0.2) is 4.39 Å². The molecule has 0 aromatic heterocycles. The number of hydrogen-bond donors (Lipinski definition) is 1. The summed E-state index contributed by atoms with van der Waals surface area (Å²) < 4.78 is 24.4. The Bertz CT molecular complexity index is 371. The van der Waals surface area contributed by atoms with Gasteiger partial charge in [0, 0.05) is 25.7 Å². The second-order valence-electron chi connectivity index (χ2n) is 4.54. The molecule has 19 heavy (non-hydrogen) atoms. The van der Waals surface area contributed by atoms with Crippen LogP contribution in [0, 0.1) is 5.82 Å². The van der Waals surface area contributed by atoms with Crippen molar-refractivity contribution in [3.8, 4) is 5.75 Å². The lowest BCUT2D eigenvalue weighted by atomic mass is 10.0. The Labute approximate surface area is 114 Å². The lowest BCUT2D eigenvalue weighted by Crippen LogP contribution is -2.21. The number of rotatable bonds is 9. The number of nitrogens with two attached hydrogens (primary N) is 1. The zero-order valence-electron chi connectivity index (χ0n) is 11.8. The summed E-state index contributed by atoms with van der Waals surface area (Å²) in [5.74, 6) is -0.0254. The predicted molar refractivity (Wildman–Crippen MR) is 75.0 cm³/mol. The third-order valence-electron chi connectivity index (χ3n) is 2.91. The first kappa shape index (κ1) is 15.9. The van der Waals surface area contributed by atoms with Gasteiger partial charge in [-0.1, -0.05) is 13.0 Å². The van der Waals surface area contributed by atoms with Crippen molar-refractivity contribution < 1.29 is 13.9 Å². The Kier molecular flexibility index (Phi) is 7.45. The molecule has 0 fully saturated rings. The van der Waals surface area contributed by atoms with Crippen LogP contribution >= 0.6 is 0 Å². The molecule has 0 aliphatic rings. The number of ether oxygens (including phenoxy) is 2. The summed E-state index contributed by atoms with van der Waals surface area (Å²) in [6, 6.07) is 5.13. The molecule has 0 amide bonds. The standard InChI is InChI=1S/C15H24FNO2/c1-3-13(17)10-12-6-7-15(14(16)11-12)19-9-5-8-18-4-2/h6-7,11,13H,3-5,8-10,17H2,1-2H3. The molecule has 4 heteroatoms. The highest BCUT2D eigenvalue weighted by Gasteiger charge is 2.07. The molecule has 0 heterocycles. The summed E-state index contributed by atoms with van der Waals surface area (Å²) in [4.78, 5) is 0. The first-order valence-corrected chi connectivity index (χ1v) is 6.91. The fourth-order valence-corrected chi connectivity index (χ4v) is 1.72. The fraction of sp³-hybridized carbons (Fsp3) is 0.600. The highest BCUT2D eigenvalue weighted by Crippen LogP contribution is 2.19. The van der Waals surface area contributed by atoms with Gasteiger partial charge in [-0.15, -0.1) is 0 Å². The molecule has 2 N–H and O–H groups in total. The highest BCUT2D eigenvalue weighted by atomic mass is 19.1. The smallest absolute Gasteiger partial charge is 0.165 e. The van der Waals surface area contributed by atoms with E-state index in [-0.39, 0.29) is 11.9 Å². The Morgan fingerprint density at radius 3 is 2.68 bits per heavy atom. The van der Waals surface area contributed by atoms with Gasteiger partial charge in [0.15, 0.2) is 11.6 Å². The lowest BCUT2D eigenvalue weighted by molar-refractivity contribution is 0.130. The van der Waals surface area contributed by atoms with Gasteiger partial charge < -0.3 is 15.2 Å². The van der Waals surface area contributed by atoms with E-state index in [0.29, 0.717) is 32.0 Å². The Morgan fingerprint density at radius 1 is 1.26 bits per heavy atom. The minimum Gasteiger partial charge on any atom is -0.490 e. The van der Waals surface area contributed by atoms with Gasteiger partial charge in [0.25, 0.3) is 0 Å². The average molecular weight is 269 g/mol. The van der Waals surface area contributed by atoms with Crippen LogP contribution in [0.2, 0.25) is 0 Å². The van der Waals surface area contributed by atoms with Crippen molar-refractivity contribution in [2.45, 2.75) is 39.2 Å². The van der Waals surface area contributed by atoms with Gasteiger partial charge in [-0.3, -0.25) is 0 Å². The average Bonchev–Trinajstić information content (AvgIpc) is 2.40. The van der Waals surface area contributed by atoms with Crippen LogP contribution in [0.15, 0.2) is 18.2 Å². The molecule has 0 aliphatic carbocycles. The van der Waals surface area contributed by atoms with Crippen LogP contribution in [-0.4, -0.2) is 25.9 Å². The summed E-state index contributed by atoms with van der Waals surface area (Å²) in [5.41, 5.74) is 6.76. The van der Waals surface area contributed by atoms with Crippen molar-refractivity contribution >= 4 is 0 Å². The van der Waals surface area contributed by atoms with Crippen molar-refractivity contribution in [2.75, 3.05) is 19.8 Å². The van der Waals surface area contributed by atoms with Gasteiger partial charge in [0.2, 0.25) is 0 Å². The van der Waals surface area contributed by atoms with Crippen LogP contribution in [-0.2, 0) is 11.2 Å². The van der Waals surface area contributed by atoms with Gasteiger partial charge >= 0.3 is 0 Å². The first-order valence-electron chi connectivity index (χ1n) is 6.91. The number of halogens is 1. The third-order valence-corrected chi connectivity index (χ3v) is 2.91. The quantitative estimate of drug-likeness (QED) is 0.701. The predicted octanol–water partition coefficient (Wildman–Crippen LogP) is 2.91. The summed E-state index contributed by atoms with van der Waals surface area (Å²) in [7, 11) is 0. The Balaban J connectivity index is 2.43. The second-order valence-corrected chi connectivity index (χ2v) is 4.54. The van der Waals surface area contributed by atoms with Crippen molar-refractivity contribution in [3.05, 3.63) is 29.6 Å². The zero-order chi connectivity index (χ0) is 14.1. The van der Waals surface area contributed by atoms with E-state index in [9.17, 15) is 4.39 Å². The number of hydrogen-bond acceptors (Lipinski definition) is 3. The van der Waals surface area contributed by atoms with E-state index in [4.69, 9.17) is 15.2 Å². The lowest BCUT2D eigenvalue weighted by Gasteiger charge is -2.11. The minimum absolute atomic E-state index is 0.0809. The maximum absolute atomic E-state index is 13.8. The molecule has 0 spiro atoms. The molecule has 0 radical (unpaired) electrons. The van der Waals surface area contributed by atoms with Crippen molar-refractivity contribution in [2.24, 2.45) is 5.73 Å². The maximum Gasteiger partial charge on any atom is 0.165 e. The van der Waals surface area contributed by atoms with Crippen LogP contribution in [0.3, 0.4) is 0 Å². The molecule has 0 saturated carbocycles. The molecule has 0 saturated heterocycles. The SMILES string of the molecule is CCOCCCOc1ccc(CC(N)CC)cc1F. The van der Waals surface area contributed by atoms with E-state index in [1.54, 1.807) is 6.07 Å². The normalized spacial score (nSPS) is 12.4. The largest absolute Gasteiger partial charge is 0.490 e. The molecule has 0 bridgehead atoms. The minimum atomic E-state index is -0.322.